The molecule has 1 N–H and O–H groups in total. The van der Waals surface area contributed by atoms with E-state index in [9.17, 15) is 4.79 Å². The van der Waals surface area contributed by atoms with Gasteiger partial charge in [-0.1, -0.05) is 23.2 Å². The number of aromatic nitrogens is 2. The van der Waals surface area contributed by atoms with Crippen molar-refractivity contribution in [2.75, 3.05) is 5.32 Å². The molecule has 1 heterocycles. The second-order valence-electron chi connectivity index (χ2n) is 3.91. The summed E-state index contributed by atoms with van der Waals surface area (Å²) >= 11 is 15.0. The van der Waals surface area contributed by atoms with E-state index in [1.165, 1.54) is 0 Å². The maximum Gasteiger partial charge on any atom is 0.246 e. The number of amides is 1. The molecule has 0 aliphatic rings. The third-order valence-electron chi connectivity index (χ3n) is 2.54. The number of hydrogen-bond acceptors (Lipinski definition) is 2. The van der Waals surface area contributed by atoms with Gasteiger partial charge in [0.15, 0.2) is 0 Å². The lowest BCUT2D eigenvalue weighted by atomic mass is 10.3. The van der Waals surface area contributed by atoms with Gasteiger partial charge >= 0.3 is 0 Å². The highest BCUT2D eigenvalue weighted by Gasteiger charge is 2.09. The van der Waals surface area contributed by atoms with Crippen LogP contribution in [0.4, 0.5) is 5.69 Å². The zero-order chi connectivity index (χ0) is 14.0. The van der Waals surface area contributed by atoms with E-state index in [1.54, 1.807) is 29.1 Å². The molecule has 0 aliphatic carbocycles. The fourth-order valence-electron chi connectivity index (χ4n) is 1.49. The minimum absolute atomic E-state index is 0.137. The number of nitrogens with one attached hydrogen (secondary N) is 1. The Morgan fingerprint density at radius 2 is 2.16 bits per heavy atom. The quantitative estimate of drug-likeness (QED) is 0.899. The minimum Gasteiger partial charge on any atom is -0.324 e. The predicted molar refractivity (Wildman–Crippen MR) is 79.8 cm³/mol. The lowest BCUT2D eigenvalue weighted by molar-refractivity contribution is -0.116. The van der Waals surface area contributed by atoms with Gasteiger partial charge in [-0.15, -0.1) is 0 Å². The van der Waals surface area contributed by atoms with E-state index in [1.807, 2.05) is 6.92 Å². The molecule has 100 valence electrons. The van der Waals surface area contributed by atoms with Crippen molar-refractivity contribution in [1.82, 2.24) is 9.78 Å². The third-order valence-corrected chi connectivity index (χ3v) is 4.06. The van der Waals surface area contributed by atoms with Crippen LogP contribution in [0.3, 0.4) is 0 Å². The summed E-state index contributed by atoms with van der Waals surface area (Å²) in [6.07, 6.45) is 1.65. The molecule has 0 bridgehead atoms. The molecule has 0 atom stereocenters. The van der Waals surface area contributed by atoms with Crippen molar-refractivity contribution >= 4 is 50.7 Å². The molecular weight excluding hydrogens is 353 g/mol. The Balaban J connectivity index is 2.05. The monoisotopic (exact) mass is 361 g/mol. The van der Waals surface area contributed by atoms with Crippen molar-refractivity contribution in [1.29, 1.82) is 0 Å². The Labute approximate surface area is 128 Å². The average Bonchev–Trinajstić information content (AvgIpc) is 2.66. The summed E-state index contributed by atoms with van der Waals surface area (Å²) in [5.41, 5.74) is 1.49. The molecule has 0 unspecified atom stereocenters. The molecule has 0 radical (unpaired) electrons. The van der Waals surface area contributed by atoms with E-state index in [0.717, 1.165) is 10.2 Å². The van der Waals surface area contributed by atoms with Gasteiger partial charge in [-0.05, 0) is 41.1 Å². The van der Waals surface area contributed by atoms with Gasteiger partial charge in [-0.3, -0.25) is 9.48 Å². The second kappa shape index (κ2) is 5.94. The van der Waals surface area contributed by atoms with Crippen LogP contribution < -0.4 is 5.32 Å². The van der Waals surface area contributed by atoms with Crippen molar-refractivity contribution in [2.45, 2.75) is 13.5 Å². The van der Waals surface area contributed by atoms with E-state index < -0.39 is 0 Å². The first-order valence-corrected chi connectivity index (χ1v) is 6.95. The van der Waals surface area contributed by atoms with Gasteiger partial charge < -0.3 is 5.32 Å². The number of anilines is 1. The van der Waals surface area contributed by atoms with Crippen molar-refractivity contribution in [2.24, 2.45) is 0 Å². The van der Waals surface area contributed by atoms with Gasteiger partial charge in [0, 0.05) is 5.69 Å². The summed E-state index contributed by atoms with van der Waals surface area (Å²) in [6.45, 7) is 2.02. The van der Waals surface area contributed by atoms with Crippen LogP contribution in [0.25, 0.3) is 0 Å². The first kappa shape index (κ1) is 14.4. The fraction of sp³-hybridized carbons (Fsp3) is 0.167. The van der Waals surface area contributed by atoms with Crippen molar-refractivity contribution in [3.63, 3.8) is 0 Å². The highest BCUT2D eigenvalue weighted by Crippen LogP contribution is 2.25. The number of nitrogens with zero attached hydrogens (tertiary/aromatic N) is 2. The number of rotatable bonds is 3. The molecule has 2 rings (SSSR count). The smallest absolute Gasteiger partial charge is 0.246 e. The Bertz CT molecular complexity index is 627. The van der Waals surface area contributed by atoms with Crippen LogP contribution in [-0.4, -0.2) is 15.7 Å². The first-order valence-electron chi connectivity index (χ1n) is 5.40. The lowest BCUT2D eigenvalue weighted by Crippen LogP contribution is -2.20. The Kier molecular flexibility index (Phi) is 4.50. The molecular formula is C12H10BrCl2N3O. The summed E-state index contributed by atoms with van der Waals surface area (Å²) in [6, 6.07) is 4.93. The SMILES string of the molecule is Cc1c(Br)cnn1CC(=O)Nc1ccc(Cl)c(Cl)c1. The molecule has 1 aromatic heterocycles. The Morgan fingerprint density at radius 1 is 1.42 bits per heavy atom. The topological polar surface area (TPSA) is 46.9 Å². The maximum atomic E-state index is 11.9. The molecule has 0 saturated carbocycles. The summed E-state index contributed by atoms with van der Waals surface area (Å²) in [5, 5.41) is 7.68. The van der Waals surface area contributed by atoms with Crippen LogP contribution in [0.5, 0.6) is 0 Å². The predicted octanol–water partition coefficient (Wildman–Crippen LogP) is 3.90. The van der Waals surface area contributed by atoms with E-state index in [-0.39, 0.29) is 12.5 Å². The zero-order valence-corrected chi connectivity index (χ0v) is 13.1. The number of carbonyl (C=O) groups is 1. The second-order valence-corrected chi connectivity index (χ2v) is 5.58. The van der Waals surface area contributed by atoms with Crippen LogP contribution >= 0.6 is 39.1 Å². The highest BCUT2D eigenvalue weighted by molar-refractivity contribution is 9.10. The number of halogens is 3. The molecule has 7 heteroatoms. The largest absolute Gasteiger partial charge is 0.324 e. The Hall–Kier alpha value is -1.04. The van der Waals surface area contributed by atoms with Crippen LogP contribution in [0.2, 0.25) is 10.0 Å². The van der Waals surface area contributed by atoms with Crippen LogP contribution in [0.1, 0.15) is 5.69 Å². The van der Waals surface area contributed by atoms with Gasteiger partial charge in [0.2, 0.25) is 5.91 Å². The summed E-state index contributed by atoms with van der Waals surface area (Å²) in [5.74, 6) is -0.183. The molecule has 4 nitrogen and oxygen atoms in total. The summed E-state index contributed by atoms with van der Waals surface area (Å²) in [4.78, 5) is 11.9. The molecule has 0 spiro atoms. The van der Waals surface area contributed by atoms with Crippen LogP contribution in [-0.2, 0) is 11.3 Å². The number of hydrogen-bond donors (Lipinski definition) is 1. The van der Waals surface area contributed by atoms with E-state index in [2.05, 4.69) is 26.3 Å². The fourth-order valence-corrected chi connectivity index (χ4v) is 2.09. The van der Waals surface area contributed by atoms with E-state index in [4.69, 9.17) is 23.2 Å². The third kappa shape index (κ3) is 3.49. The number of benzene rings is 1. The van der Waals surface area contributed by atoms with Gasteiger partial charge in [0.1, 0.15) is 6.54 Å². The standard InChI is InChI=1S/C12H10BrCl2N3O/c1-7-9(13)5-16-18(7)6-12(19)17-8-2-3-10(14)11(15)4-8/h2-5H,6H2,1H3,(H,17,19). The van der Waals surface area contributed by atoms with Crippen LogP contribution in [0, 0.1) is 6.92 Å². The molecule has 1 aromatic carbocycles. The Morgan fingerprint density at radius 3 is 2.74 bits per heavy atom. The summed E-state index contributed by atoms with van der Waals surface area (Å²) < 4.78 is 2.48. The zero-order valence-electron chi connectivity index (χ0n) is 9.95. The van der Waals surface area contributed by atoms with Gasteiger partial charge in [-0.25, -0.2) is 0 Å². The molecule has 0 saturated heterocycles. The summed E-state index contributed by atoms with van der Waals surface area (Å²) in [7, 11) is 0. The van der Waals surface area contributed by atoms with E-state index >= 15 is 0 Å². The van der Waals surface area contributed by atoms with Gasteiger partial charge in [0.25, 0.3) is 0 Å². The van der Waals surface area contributed by atoms with E-state index in [0.29, 0.717) is 15.7 Å². The molecule has 2 aromatic rings. The van der Waals surface area contributed by atoms with Crippen molar-refractivity contribution in [3.8, 4) is 0 Å². The maximum absolute atomic E-state index is 11.9. The van der Waals surface area contributed by atoms with Gasteiger partial charge in [-0.2, -0.15) is 5.10 Å². The highest BCUT2D eigenvalue weighted by atomic mass is 79.9. The number of carbonyl (C=O) groups excluding carboxylic acids is 1. The molecule has 0 aliphatic heterocycles. The van der Waals surface area contributed by atoms with Crippen LogP contribution in [0.15, 0.2) is 28.9 Å². The average molecular weight is 363 g/mol. The van der Waals surface area contributed by atoms with Gasteiger partial charge in [0.05, 0.1) is 26.4 Å². The minimum atomic E-state index is -0.183. The molecule has 19 heavy (non-hydrogen) atoms. The van der Waals surface area contributed by atoms with Crippen molar-refractivity contribution < 1.29 is 4.79 Å². The van der Waals surface area contributed by atoms with Crippen molar-refractivity contribution in [3.05, 3.63) is 44.6 Å². The molecule has 1 amide bonds. The first-order chi connectivity index (χ1) is 8.97. The molecule has 0 fully saturated rings. The normalized spacial score (nSPS) is 10.5. The lowest BCUT2D eigenvalue weighted by Gasteiger charge is -2.07.